The molecule has 0 aliphatic carbocycles. The summed E-state index contributed by atoms with van der Waals surface area (Å²) < 4.78 is 28.9. The largest absolute Gasteiger partial charge is 0.281 e. The third kappa shape index (κ3) is 2.73. The number of benzene rings is 1. The van der Waals surface area contributed by atoms with E-state index in [-0.39, 0.29) is 9.63 Å². The van der Waals surface area contributed by atoms with Gasteiger partial charge in [0.15, 0.2) is 4.60 Å². The summed E-state index contributed by atoms with van der Waals surface area (Å²) in [6.45, 7) is 0. The molecular formula is C9H8Br2N4O2S. The van der Waals surface area contributed by atoms with Crippen LogP contribution in [0.15, 0.2) is 38.4 Å². The second-order valence-corrected chi connectivity index (χ2v) is 6.69. The molecule has 0 unspecified atom stereocenters. The van der Waals surface area contributed by atoms with Gasteiger partial charge in [0.1, 0.15) is 0 Å². The fourth-order valence-electron chi connectivity index (χ4n) is 1.36. The summed E-state index contributed by atoms with van der Waals surface area (Å²) in [5.41, 5.74) is 0.456. The van der Waals surface area contributed by atoms with E-state index in [4.69, 9.17) is 0 Å². The first-order valence-electron chi connectivity index (χ1n) is 4.74. The standard InChI is InChI=1S/C9H8Br2N4O2S/c1-15-9(8(11)12-14-15)18(16,17)13-7-4-2-3-6(10)5-7/h2-5,13H,1H3. The van der Waals surface area contributed by atoms with Gasteiger partial charge in [-0.05, 0) is 34.1 Å². The molecule has 0 atom stereocenters. The number of rotatable bonds is 3. The zero-order chi connectivity index (χ0) is 13.3. The summed E-state index contributed by atoms with van der Waals surface area (Å²) in [4.78, 5) is 0. The minimum absolute atomic E-state index is 0.0255. The van der Waals surface area contributed by atoms with Crippen LogP contribution in [0.1, 0.15) is 0 Å². The highest BCUT2D eigenvalue weighted by atomic mass is 79.9. The SMILES string of the molecule is Cn1nnc(Br)c1S(=O)(=O)Nc1cccc(Br)c1. The van der Waals surface area contributed by atoms with Crippen LogP contribution in [0.5, 0.6) is 0 Å². The van der Waals surface area contributed by atoms with Crippen LogP contribution < -0.4 is 4.72 Å². The van der Waals surface area contributed by atoms with Crippen molar-refractivity contribution in [2.75, 3.05) is 4.72 Å². The van der Waals surface area contributed by atoms with E-state index in [1.54, 1.807) is 24.3 Å². The van der Waals surface area contributed by atoms with E-state index in [1.807, 2.05) is 0 Å². The van der Waals surface area contributed by atoms with Gasteiger partial charge in [0, 0.05) is 17.2 Å². The fraction of sp³-hybridized carbons (Fsp3) is 0.111. The maximum absolute atomic E-state index is 12.2. The molecule has 0 aliphatic rings. The van der Waals surface area contributed by atoms with Gasteiger partial charge in [-0.1, -0.05) is 27.2 Å². The first-order valence-corrected chi connectivity index (χ1v) is 7.80. The molecule has 1 aromatic carbocycles. The van der Waals surface area contributed by atoms with E-state index in [2.05, 4.69) is 46.9 Å². The highest BCUT2D eigenvalue weighted by Gasteiger charge is 2.23. The Morgan fingerprint density at radius 3 is 2.61 bits per heavy atom. The molecule has 0 saturated heterocycles. The fourth-order valence-corrected chi connectivity index (χ4v) is 3.91. The Bertz CT molecular complexity index is 664. The van der Waals surface area contributed by atoms with Crippen LogP contribution in [0.2, 0.25) is 0 Å². The van der Waals surface area contributed by atoms with Crippen molar-refractivity contribution >= 4 is 47.6 Å². The maximum atomic E-state index is 12.2. The monoisotopic (exact) mass is 394 g/mol. The molecule has 2 aromatic rings. The molecule has 18 heavy (non-hydrogen) atoms. The molecule has 1 aromatic heterocycles. The number of nitrogens with zero attached hydrogens (tertiary/aromatic N) is 3. The van der Waals surface area contributed by atoms with Crippen LogP contribution >= 0.6 is 31.9 Å². The van der Waals surface area contributed by atoms with E-state index in [0.717, 1.165) is 4.47 Å². The Morgan fingerprint density at radius 1 is 1.33 bits per heavy atom. The molecule has 0 bridgehead atoms. The van der Waals surface area contributed by atoms with Crippen molar-refractivity contribution in [3.63, 3.8) is 0 Å². The smallest absolute Gasteiger partial charge is 0.278 e. The van der Waals surface area contributed by atoms with Crippen LogP contribution in [0, 0.1) is 0 Å². The van der Waals surface area contributed by atoms with Gasteiger partial charge in [-0.2, -0.15) is 8.42 Å². The van der Waals surface area contributed by atoms with Crippen LogP contribution in [0.4, 0.5) is 5.69 Å². The number of aromatic nitrogens is 3. The van der Waals surface area contributed by atoms with Gasteiger partial charge in [0.2, 0.25) is 5.03 Å². The van der Waals surface area contributed by atoms with Gasteiger partial charge < -0.3 is 0 Å². The number of sulfonamides is 1. The molecule has 0 aliphatic heterocycles. The van der Waals surface area contributed by atoms with E-state index in [1.165, 1.54) is 11.7 Å². The Morgan fingerprint density at radius 2 is 2.06 bits per heavy atom. The molecule has 6 nitrogen and oxygen atoms in total. The quantitative estimate of drug-likeness (QED) is 0.863. The minimum Gasteiger partial charge on any atom is -0.278 e. The van der Waals surface area contributed by atoms with Crippen molar-refractivity contribution in [3.8, 4) is 0 Å². The van der Waals surface area contributed by atoms with Crippen LogP contribution in [0.25, 0.3) is 0 Å². The summed E-state index contributed by atoms with van der Waals surface area (Å²) in [6.07, 6.45) is 0. The molecule has 0 fully saturated rings. The molecule has 9 heteroatoms. The second kappa shape index (κ2) is 4.98. The zero-order valence-electron chi connectivity index (χ0n) is 9.13. The Kier molecular flexibility index (Phi) is 3.74. The number of hydrogen-bond donors (Lipinski definition) is 1. The van der Waals surface area contributed by atoms with Crippen LogP contribution in [-0.2, 0) is 17.1 Å². The molecule has 2 rings (SSSR count). The normalized spacial score (nSPS) is 11.5. The van der Waals surface area contributed by atoms with Crippen molar-refractivity contribution in [1.29, 1.82) is 0 Å². The molecular weight excluding hydrogens is 388 g/mol. The Labute approximate surface area is 121 Å². The maximum Gasteiger partial charge on any atom is 0.281 e. The average molecular weight is 396 g/mol. The van der Waals surface area contributed by atoms with Crippen molar-refractivity contribution in [2.45, 2.75) is 5.03 Å². The molecule has 0 amide bonds. The lowest BCUT2D eigenvalue weighted by Crippen LogP contribution is -2.17. The van der Waals surface area contributed by atoms with Crippen LogP contribution in [-0.4, -0.2) is 23.4 Å². The zero-order valence-corrected chi connectivity index (χ0v) is 13.1. The highest BCUT2D eigenvalue weighted by Crippen LogP contribution is 2.22. The van der Waals surface area contributed by atoms with Gasteiger partial charge in [-0.3, -0.25) is 4.72 Å². The van der Waals surface area contributed by atoms with Gasteiger partial charge in [-0.15, -0.1) is 5.10 Å². The molecule has 0 saturated carbocycles. The summed E-state index contributed by atoms with van der Waals surface area (Å²) in [6, 6.07) is 6.85. The third-order valence-corrected chi connectivity index (χ3v) is 4.83. The topological polar surface area (TPSA) is 76.9 Å². The van der Waals surface area contributed by atoms with E-state index >= 15 is 0 Å². The van der Waals surface area contributed by atoms with Crippen molar-refractivity contribution < 1.29 is 8.42 Å². The van der Waals surface area contributed by atoms with E-state index in [9.17, 15) is 8.42 Å². The average Bonchev–Trinajstić information content (AvgIpc) is 2.58. The number of hydrogen-bond acceptors (Lipinski definition) is 4. The van der Waals surface area contributed by atoms with Gasteiger partial charge >= 0.3 is 0 Å². The lowest BCUT2D eigenvalue weighted by Gasteiger charge is -2.08. The van der Waals surface area contributed by atoms with E-state index < -0.39 is 10.0 Å². The predicted octanol–water partition coefficient (Wildman–Crippen LogP) is 2.14. The van der Waals surface area contributed by atoms with Crippen molar-refractivity contribution in [2.24, 2.45) is 7.05 Å². The Balaban J connectivity index is 2.39. The van der Waals surface area contributed by atoms with Gasteiger partial charge in [0.25, 0.3) is 10.0 Å². The first-order chi connectivity index (χ1) is 8.40. The minimum atomic E-state index is -3.73. The molecule has 1 N–H and O–H groups in total. The van der Waals surface area contributed by atoms with Crippen molar-refractivity contribution in [3.05, 3.63) is 33.3 Å². The summed E-state index contributed by atoms with van der Waals surface area (Å²) in [5, 5.41) is 7.25. The third-order valence-electron chi connectivity index (χ3n) is 2.07. The first kappa shape index (κ1) is 13.5. The molecule has 1 heterocycles. The number of aryl methyl sites for hydroxylation is 1. The summed E-state index contributed by atoms with van der Waals surface area (Å²) >= 11 is 6.33. The van der Waals surface area contributed by atoms with Crippen LogP contribution in [0.3, 0.4) is 0 Å². The Hall–Kier alpha value is -0.930. The molecule has 0 spiro atoms. The van der Waals surface area contributed by atoms with E-state index in [0.29, 0.717) is 5.69 Å². The number of anilines is 1. The lowest BCUT2D eigenvalue weighted by molar-refractivity contribution is 0.578. The molecule has 0 radical (unpaired) electrons. The van der Waals surface area contributed by atoms with Gasteiger partial charge in [0.05, 0.1) is 0 Å². The second-order valence-electron chi connectivity index (χ2n) is 3.42. The number of halogens is 2. The number of nitrogens with one attached hydrogen (secondary N) is 1. The van der Waals surface area contributed by atoms with Crippen molar-refractivity contribution in [1.82, 2.24) is 15.0 Å². The summed E-state index contributed by atoms with van der Waals surface area (Å²) in [7, 11) is -2.22. The van der Waals surface area contributed by atoms with Gasteiger partial charge in [-0.25, -0.2) is 4.68 Å². The summed E-state index contributed by atoms with van der Waals surface area (Å²) in [5.74, 6) is 0. The highest BCUT2D eigenvalue weighted by molar-refractivity contribution is 9.10. The molecule has 96 valence electrons. The lowest BCUT2D eigenvalue weighted by atomic mass is 10.3. The predicted molar refractivity (Wildman–Crippen MR) is 73.7 cm³/mol.